The van der Waals surface area contributed by atoms with Gasteiger partial charge >= 0.3 is 6.03 Å². The molecule has 7 nitrogen and oxygen atoms in total. The van der Waals surface area contributed by atoms with E-state index in [4.69, 9.17) is 4.74 Å². The number of ether oxygens (including phenoxy) is 1. The minimum Gasteiger partial charge on any atom is -0.493 e. The molecule has 4 rings (SSSR count). The van der Waals surface area contributed by atoms with E-state index in [2.05, 4.69) is 10.6 Å². The largest absolute Gasteiger partial charge is 0.493 e. The van der Waals surface area contributed by atoms with Crippen molar-refractivity contribution >= 4 is 23.5 Å². The van der Waals surface area contributed by atoms with Gasteiger partial charge in [0.2, 0.25) is 5.91 Å². The summed E-state index contributed by atoms with van der Waals surface area (Å²) in [6.45, 7) is 1.10. The molecule has 138 valence electrons. The Morgan fingerprint density at radius 1 is 1.15 bits per heavy atom. The second kappa shape index (κ2) is 7.11. The molecule has 1 atom stereocenters. The number of hydrogen-bond acceptors (Lipinski definition) is 4. The van der Waals surface area contributed by atoms with Crippen LogP contribution in [-0.4, -0.2) is 37.5 Å². The zero-order valence-corrected chi connectivity index (χ0v) is 14.6. The first-order valence-electron chi connectivity index (χ1n) is 8.80. The fraction of sp³-hybridized carbons (Fsp3) is 0.250. The molecule has 1 saturated heterocycles. The molecule has 1 fully saturated rings. The van der Waals surface area contributed by atoms with Gasteiger partial charge in [-0.3, -0.25) is 19.8 Å². The summed E-state index contributed by atoms with van der Waals surface area (Å²) in [5.74, 6) is 0.628. The van der Waals surface area contributed by atoms with Gasteiger partial charge in [-0.15, -0.1) is 0 Å². The Kier molecular flexibility index (Phi) is 4.50. The fourth-order valence-corrected chi connectivity index (χ4v) is 3.30. The van der Waals surface area contributed by atoms with E-state index in [9.17, 15) is 14.4 Å². The van der Waals surface area contributed by atoms with Crippen LogP contribution in [0.1, 0.15) is 15.9 Å². The molecule has 2 heterocycles. The monoisotopic (exact) mass is 365 g/mol. The Morgan fingerprint density at radius 3 is 2.67 bits per heavy atom. The SMILES string of the molecule is O=C1CN(c2ccc(C(=O)NCC3COc4ccccc4C3)cc2)C(=O)N1. The van der Waals surface area contributed by atoms with Gasteiger partial charge in [0.25, 0.3) is 5.91 Å². The van der Waals surface area contributed by atoms with E-state index < -0.39 is 6.03 Å². The number of carbonyl (C=O) groups excluding carboxylic acids is 3. The molecule has 2 N–H and O–H groups in total. The molecule has 0 bridgehead atoms. The summed E-state index contributed by atoms with van der Waals surface area (Å²) in [5.41, 5.74) is 2.24. The molecule has 0 aliphatic carbocycles. The smallest absolute Gasteiger partial charge is 0.329 e. The van der Waals surface area contributed by atoms with Gasteiger partial charge < -0.3 is 10.1 Å². The van der Waals surface area contributed by atoms with Crippen LogP contribution < -0.4 is 20.3 Å². The first-order valence-corrected chi connectivity index (χ1v) is 8.80. The number of anilines is 1. The second-order valence-corrected chi connectivity index (χ2v) is 6.69. The van der Waals surface area contributed by atoms with Crippen molar-refractivity contribution in [3.63, 3.8) is 0 Å². The summed E-state index contributed by atoms with van der Waals surface area (Å²) in [7, 11) is 0. The Labute approximate surface area is 156 Å². The molecule has 1 unspecified atom stereocenters. The molecule has 0 aromatic heterocycles. The van der Waals surface area contributed by atoms with E-state index >= 15 is 0 Å². The molecule has 0 spiro atoms. The summed E-state index contributed by atoms with van der Waals surface area (Å²) >= 11 is 0. The zero-order valence-electron chi connectivity index (χ0n) is 14.6. The van der Waals surface area contributed by atoms with Gasteiger partial charge in [-0.05, 0) is 42.3 Å². The number of benzene rings is 2. The van der Waals surface area contributed by atoms with Crippen LogP contribution in [0, 0.1) is 5.92 Å². The first kappa shape index (κ1) is 17.1. The van der Waals surface area contributed by atoms with Gasteiger partial charge in [0.05, 0.1) is 6.61 Å². The maximum Gasteiger partial charge on any atom is 0.329 e. The highest BCUT2D eigenvalue weighted by Crippen LogP contribution is 2.26. The van der Waals surface area contributed by atoms with Crippen LogP contribution in [0.3, 0.4) is 0 Å². The molecule has 0 radical (unpaired) electrons. The average Bonchev–Trinajstić information content (AvgIpc) is 3.04. The summed E-state index contributed by atoms with van der Waals surface area (Å²) in [6, 6.07) is 14.1. The predicted octanol–water partition coefficient (Wildman–Crippen LogP) is 1.72. The number of nitrogens with zero attached hydrogens (tertiary/aromatic N) is 1. The third-order valence-electron chi connectivity index (χ3n) is 4.74. The molecule has 4 amide bonds. The standard InChI is InChI=1S/C20H19N3O4/c24-18-11-23(20(26)22-18)16-7-5-14(6-8-16)19(25)21-10-13-9-15-3-1-2-4-17(15)27-12-13/h1-8,13H,9-12H2,(H,21,25)(H,22,24,26). The van der Waals surface area contributed by atoms with Gasteiger partial charge in [-0.25, -0.2) is 4.79 Å². The average molecular weight is 365 g/mol. The lowest BCUT2D eigenvalue weighted by molar-refractivity contribution is -0.117. The van der Waals surface area contributed by atoms with Gasteiger partial charge in [0, 0.05) is 23.7 Å². The van der Waals surface area contributed by atoms with Crippen LogP contribution in [0.25, 0.3) is 0 Å². The van der Waals surface area contributed by atoms with Crippen molar-refractivity contribution in [1.29, 1.82) is 0 Å². The normalized spacial score (nSPS) is 18.5. The van der Waals surface area contributed by atoms with Gasteiger partial charge in [0.15, 0.2) is 0 Å². The van der Waals surface area contributed by atoms with Crippen molar-refractivity contribution in [3.05, 3.63) is 59.7 Å². The van der Waals surface area contributed by atoms with E-state index in [1.54, 1.807) is 24.3 Å². The molecule has 7 heteroatoms. The number of rotatable bonds is 4. The lowest BCUT2D eigenvalue weighted by atomic mass is 9.96. The van der Waals surface area contributed by atoms with Gasteiger partial charge in [-0.1, -0.05) is 18.2 Å². The number of para-hydroxylation sites is 1. The van der Waals surface area contributed by atoms with Crippen molar-refractivity contribution in [2.75, 3.05) is 24.6 Å². The first-order chi connectivity index (χ1) is 13.1. The highest BCUT2D eigenvalue weighted by Gasteiger charge is 2.28. The van der Waals surface area contributed by atoms with Crippen molar-refractivity contribution < 1.29 is 19.1 Å². The molecule has 2 aromatic rings. The van der Waals surface area contributed by atoms with Gasteiger partial charge in [0.1, 0.15) is 12.3 Å². The third kappa shape index (κ3) is 3.62. The Balaban J connectivity index is 1.34. The quantitative estimate of drug-likeness (QED) is 0.808. The van der Waals surface area contributed by atoms with Gasteiger partial charge in [-0.2, -0.15) is 0 Å². The predicted molar refractivity (Wildman–Crippen MR) is 98.8 cm³/mol. The molecular weight excluding hydrogens is 346 g/mol. The number of nitrogens with one attached hydrogen (secondary N) is 2. The van der Waals surface area contributed by atoms with E-state index in [0.29, 0.717) is 24.4 Å². The number of amides is 4. The topological polar surface area (TPSA) is 87.7 Å². The molecule has 27 heavy (non-hydrogen) atoms. The second-order valence-electron chi connectivity index (χ2n) is 6.69. The number of urea groups is 1. The summed E-state index contributed by atoms with van der Waals surface area (Å²) < 4.78 is 5.74. The highest BCUT2D eigenvalue weighted by molar-refractivity contribution is 6.12. The molecular formula is C20H19N3O4. The van der Waals surface area contributed by atoms with E-state index in [0.717, 1.165) is 17.7 Å². The van der Waals surface area contributed by atoms with Crippen molar-refractivity contribution in [2.24, 2.45) is 5.92 Å². The number of imide groups is 1. The zero-order chi connectivity index (χ0) is 18.8. The number of carbonyl (C=O) groups is 3. The van der Waals surface area contributed by atoms with E-state index in [1.165, 1.54) is 4.90 Å². The van der Waals surface area contributed by atoms with Crippen molar-refractivity contribution in [2.45, 2.75) is 6.42 Å². The Hall–Kier alpha value is -3.35. The number of fused-ring (bicyclic) bond motifs is 1. The van der Waals surface area contributed by atoms with E-state index in [1.807, 2.05) is 24.3 Å². The highest BCUT2D eigenvalue weighted by atomic mass is 16.5. The molecule has 0 saturated carbocycles. The van der Waals surface area contributed by atoms with Crippen LogP contribution in [0.15, 0.2) is 48.5 Å². The maximum atomic E-state index is 12.4. The lowest BCUT2D eigenvalue weighted by Gasteiger charge is -2.25. The minimum absolute atomic E-state index is 0.00642. The van der Waals surface area contributed by atoms with Crippen LogP contribution in [0.4, 0.5) is 10.5 Å². The molecule has 2 aliphatic heterocycles. The van der Waals surface area contributed by atoms with Crippen molar-refractivity contribution in [1.82, 2.24) is 10.6 Å². The number of hydrogen-bond donors (Lipinski definition) is 2. The summed E-state index contributed by atoms with van der Waals surface area (Å²) in [5, 5.41) is 5.16. The summed E-state index contributed by atoms with van der Waals surface area (Å²) in [4.78, 5) is 36.7. The Bertz CT molecular complexity index is 894. The fourth-order valence-electron chi connectivity index (χ4n) is 3.30. The molecule has 2 aromatic carbocycles. The van der Waals surface area contributed by atoms with Crippen LogP contribution in [-0.2, 0) is 11.2 Å². The molecule has 2 aliphatic rings. The van der Waals surface area contributed by atoms with E-state index in [-0.39, 0.29) is 24.3 Å². The maximum absolute atomic E-state index is 12.4. The Morgan fingerprint density at radius 2 is 1.93 bits per heavy atom. The van der Waals surface area contributed by atoms with Crippen LogP contribution in [0.5, 0.6) is 5.75 Å². The lowest BCUT2D eigenvalue weighted by Crippen LogP contribution is -2.34. The van der Waals surface area contributed by atoms with Crippen LogP contribution >= 0.6 is 0 Å². The van der Waals surface area contributed by atoms with Crippen LogP contribution in [0.2, 0.25) is 0 Å². The van der Waals surface area contributed by atoms with Crippen molar-refractivity contribution in [3.8, 4) is 5.75 Å². The minimum atomic E-state index is -0.449. The summed E-state index contributed by atoms with van der Waals surface area (Å²) in [6.07, 6.45) is 0.869. The third-order valence-corrected chi connectivity index (χ3v) is 4.74.